The Hall–Kier alpha value is -2.74. The van der Waals surface area contributed by atoms with Crippen LogP contribution in [0.15, 0.2) is 36.9 Å². The number of benzene rings is 1. The lowest BCUT2D eigenvalue weighted by Gasteiger charge is -2.12. The second-order valence-corrected chi connectivity index (χ2v) is 6.12. The molecule has 0 aliphatic rings. The number of amides is 1. The van der Waals surface area contributed by atoms with Crippen molar-refractivity contribution >= 4 is 38.3 Å². The lowest BCUT2D eigenvalue weighted by atomic mass is 10.1. The van der Waals surface area contributed by atoms with Gasteiger partial charge < -0.3 is 10.1 Å². The van der Waals surface area contributed by atoms with E-state index in [-0.39, 0.29) is 12.5 Å². The molecule has 7 nitrogen and oxygen atoms in total. The van der Waals surface area contributed by atoms with Crippen molar-refractivity contribution in [3.05, 3.63) is 42.5 Å². The van der Waals surface area contributed by atoms with E-state index in [1.165, 1.54) is 28.7 Å². The molecule has 3 rings (SSSR count). The molecule has 3 aromatic rings. The number of hydrogen-bond acceptors (Lipinski definition) is 6. The summed E-state index contributed by atoms with van der Waals surface area (Å²) in [5, 5.41) is 8.03. The first-order valence-corrected chi connectivity index (χ1v) is 8.27. The number of carbonyl (C=O) groups excluding carboxylic acids is 2. The van der Waals surface area contributed by atoms with Crippen molar-refractivity contribution in [3.8, 4) is 0 Å². The molecule has 124 valence electrons. The minimum absolute atomic E-state index is 0.270. The van der Waals surface area contributed by atoms with Gasteiger partial charge in [0.25, 0.3) is 0 Å². The third-order valence-corrected chi connectivity index (χ3v) is 4.61. The first kappa shape index (κ1) is 16.1. The van der Waals surface area contributed by atoms with Crippen LogP contribution in [0.5, 0.6) is 0 Å². The summed E-state index contributed by atoms with van der Waals surface area (Å²) in [5.41, 5.74) is 0.386. The summed E-state index contributed by atoms with van der Waals surface area (Å²) in [7, 11) is 0. The zero-order valence-electron chi connectivity index (χ0n) is 13.2. The number of anilines is 1. The largest absolute Gasteiger partial charge is 0.462 e. The van der Waals surface area contributed by atoms with Crippen LogP contribution in [0, 0.1) is 0 Å². The summed E-state index contributed by atoms with van der Waals surface area (Å²) in [6, 6.07) is 6.93. The fraction of sp³-hybridized carbons (Fsp3) is 0.250. The summed E-state index contributed by atoms with van der Waals surface area (Å²) in [6.45, 7) is 3.73. The van der Waals surface area contributed by atoms with Gasteiger partial charge in [0.1, 0.15) is 29.3 Å². The molecule has 0 saturated carbocycles. The van der Waals surface area contributed by atoms with Crippen LogP contribution in [0.25, 0.3) is 10.1 Å². The van der Waals surface area contributed by atoms with Crippen LogP contribution in [0.2, 0.25) is 0 Å². The maximum absolute atomic E-state index is 12.5. The first-order chi connectivity index (χ1) is 11.6. The van der Waals surface area contributed by atoms with E-state index in [4.69, 9.17) is 4.74 Å². The summed E-state index contributed by atoms with van der Waals surface area (Å²) >= 11 is 1.34. The summed E-state index contributed by atoms with van der Waals surface area (Å²) in [6.07, 6.45) is 2.84. The number of carbonyl (C=O) groups is 2. The SMILES string of the molecule is CCOC(=O)c1c(NC(=O)[C@@H](C)n2cncn2)sc2ccccc12. The number of ether oxygens (including phenoxy) is 1. The Balaban J connectivity index is 1.95. The molecule has 24 heavy (non-hydrogen) atoms. The zero-order valence-corrected chi connectivity index (χ0v) is 14.0. The standard InChI is InChI=1S/C16H16N4O3S/c1-3-23-16(22)13-11-6-4-5-7-12(11)24-15(13)19-14(21)10(2)20-9-17-8-18-20/h4-10H,3H2,1-2H3,(H,19,21)/t10-/m1/s1. The molecule has 8 heteroatoms. The quantitative estimate of drug-likeness (QED) is 0.719. The number of nitrogens with zero attached hydrogens (tertiary/aromatic N) is 3. The van der Waals surface area contributed by atoms with Crippen molar-refractivity contribution in [1.82, 2.24) is 14.8 Å². The molecule has 1 N–H and O–H groups in total. The molecule has 2 aromatic heterocycles. The Labute approximate surface area is 142 Å². The molecule has 1 aromatic carbocycles. The van der Waals surface area contributed by atoms with Gasteiger partial charge >= 0.3 is 5.97 Å². The Morgan fingerprint density at radius 3 is 2.88 bits per heavy atom. The van der Waals surface area contributed by atoms with Crippen LogP contribution >= 0.6 is 11.3 Å². The summed E-state index contributed by atoms with van der Waals surface area (Å²) in [4.78, 5) is 28.6. The van der Waals surface area contributed by atoms with E-state index >= 15 is 0 Å². The number of aromatic nitrogens is 3. The molecule has 0 aliphatic carbocycles. The lowest BCUT2D eigenvalue weighted by molar-refractivity contribution is -0.119. The average molecular weight is 344 g/mol. The number of nitrogens with one attached hydrogen (secondary N) is 1. The molecule has 1 amide bonds. The van der Waals surface area contributed by atoms with Crippen molar-refractivity contribution in [3.63, 3.8) is 0 Å². The number of thiophene rings is 1. The predicted molar refractivity (Wildman–Crippen MR) is 91.1 cm³/mol. The minimum atomic E-state index is -0.548. The van der Waals surface area contributed by atoms with E-state index in [0.717, 1.165) is 10.1 Å². The molecule has 0 aliphatic heterocycles. The Morgan fingerprint density at radius 1 is 1.38 bits per heavy atom. The van der Waals surface area contributed by atoms with Gasteiger partial charge in [0.05, 0.1) is 6.61 Å². The van der Waals surface area contributed by atoms with E-state index in [9.17, 15) is 9.59 Å². The fourth-order valence-electron chi connectivity index (χ4n) is 2.29. The third kappa shape index (κ3) is 3.00. The van der Waals surface area contributed by atoms with Crippen LogP contribution < -0.4 is 5.32 Å². The molecular formula is C16H16N4O3S. The second kappa shape index (κ2) is 6.79. The Kier molecular flexibility index (Phi) is 4.57. The molecule has 2 heterocycles. The monoisotopic (exact) mass is 344 g/mol. The molecule has 0 fully saturated rings. The lowest BCUT2D eigenvalue weighted by Crippen LogP contribution is -2.24. The van der Waals surface area contributed by atoms with Crippen molar-refractivity contribution in [2.24, 2.45) is 0 Å². The summed E-state index contributed by atoms with van der Waals surface area (Å²) in [5.74, 6) is -0.726. The Morgan fingerprint density at radius 2 is 2.17 bits per heavy atom. The smallest absolute Gasteiger partial charge is 0.341 e. The van der Waals surface area contributed by atoms with Crippen molar-refractivity contribution < 1.29 is 14.3 Å². The fourth-order valence-corrected chi connectivity index (χ4v) is 3.39. The van der Waals surface area contributed by atoms with Gasteiger partial charge in [0.2, 0.25) is 5.91 Å². The van der Waals surface area contributed by atoms with Gasteiger partial charge in [-0.1, -0.05) is 18.2 Å². The van der Waals surface area contributed by atoms with Gasteiger partial charge in [0.15, 0.2) is 0 Å². The van der Waals surface area contributed by atoms with Crippen molar-refractivity contribution in [1.29, 1.82) is 0 Å². The Bertz CT molecular complexity index is 873. The topological polar surface area (TPSA) is 86.1 Å². The van der Waals surface area contributed by atoms with Gasteiger partial charge in [-0.25, -0.2) is 14.5 Å². The maximum atomic E-state index is 12.5. The van der Waals surface area contributed by atoms with E-state index in [1.807, 2.05) is 24.3 Å². The number of rotatable bonds is 5. The first-order valence-electron chi connectivity index (χ1n) is 7.45. The van der Waals surface area contributed by atoms with Crippen LogP contribution in [-0.2, 0) is 9.53 Å². The highest BCUT2D eigenvalue weighted by atomic mass is 32.1. The molecule has 0 saturated heterocycles. The number of fused-ring (bicyclic) bond motifs is 1. The maximum Gasteiger partial charge on any atom is 0.341 e. The van der Waals surface area contributed by atoms with Gasteiger partial charge in [-0.15, -0.1) is 11.3 Å². The molecular weight excluding hydrogens is 328 g/mol. The van der Waals surface area contributed by atoms with Gasteiger partial charge in [0, 0.05) is 10.1 Å². The van der Waals surface area contributed by atoms with Crippen LogP contribution in [-0.4, -0.2) is 33.2 Å². The van der Waals surface area contributed by atoms with Crippen molar-refractivity contribution in [2.75, 3.05) is 11.9 Å². The van der Waals surface area contributed by atoms with Crippen molar-refractivity contribution in [2.45, 2.75) is 19.9 Å². The predicted octanol–water partition coefficient (Wildman–Crippen LogP) is 2.87. The number of hydrogen-bond donors (Lipinski definition) is 1. The van der Waals surface area contributed by atoms with E-state index < -0.39 is 12.0 Å². The van der Waals surface area contributed by atoms with E-state index in [0.29, 0.717) is 10.6 Å². The van der Waals surface area contributed by atoms with Crippen LogP contribution in [0.3, 0.4) is 0 Å². The van der Waals surface area contributed by atoms with Gasteiger partial charge in [-0.3, -0.25) is 4.79 Å². The molecule has 0 spiro atoms. The zero-order chi connectivity index (χ0) is 17.1. The minimum Gasteiger partial charge on any atom is -0.462 e. The van der Waals surface area contributed by atoms with Crippen LogP contribution in [0.1, 0.15) is 30.2 Å². The average Bonchev–Trinajstić information content (AvgIpc) is 3.21. The normalized spacial score (nSPS) is 12.1. The molecule has 1 atom stereocenters. The van der Waals surface area contributed by atoms with E-state index in [1.54, 1.807) is 13.8 Å². The highest BCUT2D eigenvalue weighted by molar-refractivity contribution is 7.23. The second-order valence-electron chi connectivity index (χ2n) is 5.06. The van der Waals surface area contributed by atoms with Gasteiger partial charge in [-0.2, -0.15) is 5.10 Å². The molecule has 0 bridgehead atoms. The van der Waals surface area contributed by atoms with Gasteiger partial charge in [-0.05, 0) is 19.9 Å². The van der Waals surface area contributed by atoms with Crippen LogP contribution in [0.4, 0.5) is 5.00 Å². The highest BCUT2D eigenvalue weighted by Crippen LogP contribution is 2.36. The number of esters is 1. The molecule has 0 radical (unpaired) electrons. The molecule has 0 unspecified atom stereocenters. The highest BCUT2D eigenvalue weighted by Gasteiger charge is 2.23. The summed E-state index contributed by atoms with van der Waals surface area (Å²) < 4.78 is 7.50. The van der Waals surface area contributed by atoms with E-state index in [2.05, 4.69) is 15.4 Å². The third-order valence-electron chi connectivity index (χ3n) is 3.52.